The van der Waals surface area contributed by atoms with E-state index in [4.69, 9.17) is 25.6 Å². The van der Waals surface area contributed by atoms with Gasteiger partial charge in [0.2, 0.25) is 0 Å². The van der Waals surface area contributed by atoms with Gasteiger partial charge < -0.3 is 33.2 Å². The molecule has 8 nitrogen and oxygen atoms in total. The van der Waals surface area contributed by atoms with Crippen LogP contribution in [0.5, 0.6) is 17.2 Å². The maximum atomic E-state index is 13.0. The summed E-state index contributed by atoms with van der Waals surface area (Å²) < 4.78 is 61.4. The number of carbonyl (C=O) groups is 1. The molecule has 5 aromatic rings. The Bertz CT molecular complexity index is 1750. The van der Waals surface area contributed by atoms with Crippen LogP contribution < -0.4 is 48.9 Å². The van der Waals surface area contributed by atoms with Gasteiger partial charge in [0.1, 0.15) is 29.0 Å². The van der Waals surface area contributed by atoms with Gasteiger partial charge in [0.25, 0.3) is 0 Å². The summed E-state index contributed by atoms with van der Waals surface area (Å²) >= 11 is 6.21. The molecule has 0 saturated heterocycles. The van der Waals surface area contributed by atoms with Crippen LogP contribution in [0.4, 0.5) is 13.2 Å². The molecule has 41 heavy (non-hydrogen) atoms. The van der Waals surface area contributed by atoms with E-state index >= 15 is 0 Å². The number of rotatable bonds is 8. The number of ether oxygens (including phenoxy) is 3. The molecule has 0 N–H and O–H groups in total. The van der Waals surface area contributed by atoms with Gasteiger partial charge in [-0.05, 0) is 55.8 Å². The number of alkyl halides is 3. The molecular formula is C28H21ClF3N2NaO6. The fourth-order valence-corrected chi connectivity index (χ4v) is 4.70. The Hall–Kier alpha value is -3.38. The van der Waals surface area contributed by atoms with Crippen LogP contribution in [0, 0.1) is 6.92 Å². The number of benzene rings is 3. The smallest absolute Gasteiger partial charge is 0.546 e. The molecule has 1 atom stereocenters. The third-order valence-corrected chi connectivity index (χ3v) is 6.73. The summed E-state index contributed by atoms with van der Waals surface area (Å²) in [5.41, 5.74) is 3.42. The van der Waals surface area contributed by atoms with E-state index in [0.717, 1.165) is 0 Å². The third-order valence-electron chi connectivity index (χ3n) is 6.42. The second-order valence-electron chi connectivity index (χ2n) is 9.01. The number of nitrogens with zero attached hydrogens (tertiary/aromatic N) is 2. The Morgan fingerprint density at radius 1 is 1.10 bits per heavy atom. The summed E-state index contributed by atoms with van der Waals surface area (Å²) in [7, 11) is 1.53. The van der Waals surface area contributed by atoms with Gasteiger partial charge in [-0.1, -0.05) is 22.8 Å². The van der Waals surface area contributed by atoms with Gasteiger partial charge in [0.15, 0.2) is 5.58 Å². The summed E-state index contributed by atoms with van der Waals surface area (Å²) in [6.45, 7) is 3.30. The number of hydrogen-bond acceptors (Lipinski definition) is 7. The number of aromatic nitrogens is 2. The zero-order chi connectivity index (χ0) is 28.8. The average molecular weight is 597 g/mol. The molecular weight excluding hydrogens is 576 g/mol. The van der Waals surface area contributed by atoms with Gasteiger partial charge in [0.05, 0.1) is 29.0 Å². The molecule has 2 aromatic heterocycles. The Balaban J connectivity index is 0.00000387. The van der Waals surface area contributed by atoms with E-state index in [1.165, 1.54) is 32.2 Å². The molecule has 3 aromatic carbocycles. The molecule has 2 heterocycles. The molecule has 208 valence electrons. The van der Waals surface area contributed by atoms with Crippen LogP contribution >= 0.6 is 11.6 Å². The van der Waals surface area contributed by atoms with E-state index in [0.29, 0.717) is 50.1 Å². The van der Waals surface area contributed by atoms with Crippen LogP contribution in [0.1, 0.15) is 18.2 Å². The minimum absolute atomic E-state index is 0. The summed E-state index contributed by atoms with van der Waals surface area (Å²) in [5, 5.41) is 16.9. The van der Waals surface area contributed by atoms with Crippen LogP contribution in [-0.4, -0.2) is 35.3 Å². The Labute approximate surface area is 258 Å². The zero-order valence-electron chi connectivity index (χ0n) is 22.3. The average Bonchev–Trinajstić information content (AvgIpc) is 3.42. The number of carboxylic acid groups (broad SMARTS) is 1. The first-order valence-corrected chi connectivity index (χ1v) is 12.3. The molecule has 0 amide bonds. The molecule has 0 aliphatic rings. The number of halogens is 4. The molecule has 0 saturated carbocycles. The van der Waals surface area contributed by atoms with Crippen molar-refractivity contribution in [3.05, 3.63) is 70.9 Å². The Kier molecular flexibility index (Phi) is 8.84. The molecule has 0 fully saturated rings. The van der Waals surface area contributed by atoms with E-state index in [9.17, 15) is 23.1 Å². The van der Waals surface area contributed by atoms with Crippen LogP contribution in [0.2, 0.25) is 5.02 Å². The quantitative estimate of drug-likeness (QED) is 0.254. The summed E-state index contributed by atoms with van der Waals surface area (Å²) in [5.74, 6) is -1.09. The van der Waals surface area contributed by atoms with Crippen molar-refractivity contribution in [2.24, 2.45) is 0 Å². The van der Waals surface area contributed by atoms with Crippen LogP contribution in [0.25, 0.3) is 33.1 Å². The third kappa shape index (κ3) is 6.28. The van der Waals surface area contributed by atoms with Gasteiger partial charge >= 0.3 is 35.9 Å². The summed E-state index contributed by atoms with van der Waals surface area (Å²) in [6, 6.07) is 14.2. The van der Waals surface area contributed by atoms with Crippen molar-refractivity contribution in [2.75, 3.05) is 7.11 Å². The van der Waals surface area contributed by atoms with Crippen LogP contribution in [0.15, 0.2) is 59.1 Å². The van der Waals surface area contributed by atoms with E-state index in [2.05, 4.69) is 9.89 Å². The Morgan fingerprint density at radius 2 is 1.80 bits per heavy atom. The maximum absolute atomic E-state index is 13.0. The van der Waals surface area contributed by atoms with Crippen LogP contribution in [-0.2, 0) is 11.3 Å². The number of aliphatic carboxylic acids is 1. The second kappa shape index (κ2) is 11.8. The van der Waals surface area contributed by atoms with Crippen molar-refractivity contribution < 1.29 is 71.4 Å². The number of fused-ring (bicyclic) bond motifs is 2. The van der Waals surface area contributed by atoms with Crippen molar-refractivity contribution in [3.8, 4) is 28.5 Å². The zero-order valence-corrected chi connectivity index (χ0v) is 25.1. The van der Waals surface area contributed by atoms with Gasteiger partial charge in [-0.2, -0.15) is 0 Å². The topological polar surface area (TPSA) is 98.8 Å². The van der Waals surface area contributed by atoms with Gasteiger partial charge in [-0.25, -0.2) is 0 Å². The molecule has 0 aliphatic heterocycles. The van der Waals surface area contributed by atoms with E-state index in [1.807, 2.05) is 6.92 Å². The van der Waals surface area contributed by atoms with Crippen molar-refractivity contribution in [2.45, 2.75) is 32.9 Å². The van der Waals surface area contributed by atoms with Gasteiger partial charge in [-0.3, -0.25) is 0 Å². The first kappa shape index (κ1) is 30.6. The number of carbonyl (C=O) groups excluding carboxylic acids is 1. The Morgan fingerprint density at radius 3 is 2.49 bits per heavy atom. The van der Waals surface area contributed by atoms with Crippen molar-refractivity contribution in [3.63, 3.8) is 0 Å². The molecule has 13 heteroatoms. The first-order valence-electron chi connectivity index (χ1n) is 11.9. The predicted octanol–water partition coefficient (Wildman–Crippen LogP) is 2.89. The molecule has 0 unspecified atom stereocenters. The van der Waals surface area contributed by atoms with Crippen molar-refractivity contribution in [1.29, 1.82) is 0 Å². The minimum Gasteiger partial charge on any atom is -0.546 e. The van der Waals surface area contributed by atoms with Crippen molar-refractivity contribution >= 4 is 39.4 Å². The number of methoxy groups -OCH3 is 1. The van der Waals surface area contributed by atoms with E-state index in [1.54, 1.807) is 41.0 Å². The molecule has 5 rings (SSSR count). The van der Waals surface area contributed by atoms with E-state index < -0.39 is 18.4 Å². The second-order valence-corrected chi connectivity index (χ2v) is 9.42. The number of hydrogen-bond donors (Lipinski definition) is 0. The van der Waals surface area contributed by atoms with Gasteiger partial charge in [-0.15, -0.1) is 13.2 Å². The van der Waals surface area contributed by atoms with Crippen molar-refractivity contribution in [1.82, 2.24) is 9.72 Å². The molecule has 0 aliphatic carbocycles. The van der Waals surface area contributed by atoms with E-state index in [-0.39, 0.29) is 52.6 Å². The maximum Gasteiger partial charge on any atom is 1.00 e. The summed E-state index contributed by atoms with van der Waals surface area (Å²) in [6.07, 6.45) is -6.13. The molecule has 0 bridgehead atoms. The molecule has 0 spiro atoms. The SMILES string of the molecule is COc1ccc2c(-c3c(C)n(Cc4ccc(Cl)c(O[C@@H](C)C(=O)[O-])c4)c4cc(OC(F)(F)F)ccc34)noc2c1.[Na+]. The van der Waals surface area contributed by atoms with Gasteiger partial charge in [0, 0.05) is 35.3 Å². The molecule has 0 radical (unpaired) electrons. The minimum atomic E-state index is -4.87. The van der Waals surface area contributed by atoms with Crippen LogP contribution in [0.3, 0.4) is 0 Å². The normalized spacial score (nSPS) is 12.3. The fourth-order valence-electron chi connectivity index (χ4n) is 4.54. The fraction of sp³-hybridized carbons (Fsp3) is 0.214. The predicted molar refractivity (Wildman–Crippen MR) is 139 cm³/mol. The standard InChI is InChI=1S/C28H22ClF3N2O6.Na/c1-14-25(26-20-8-5-17(37-3)12-23(20)40-33-26)19-7-6-18(39-28(30,31)32)11-22(19)34(14)13-16-4-9-21(29)24(10-16)38-15(2)27(35)36;/h4-12,15H,13H2,1-3H3,(H,35,36);/q;+1/p-1/t15-;/m0./s1. The number of carboxylic acids is 1. The summed E-state index contributed by atoms with van der Waals surface area (Å²) in [4.78, 5) is 11.2. The largest absolute Gasteiger partial charge is 1.00 e. The first-order chi connectivity index (χ1) is 18.9. The monoisotopic (exact) mass is 596 g/mol.